The van der Waals surface area contributed by atoms with Gasteiger partial charge >= 0.3 is 0 Å². The van der Waals surface area contributed by atoms with Crippen LogP contribution in [0.25, 0.3) is 0 Å². The highest BCUT2D eigenvalue weighted by molar-refractivity contribution is 4.91. The van der Waals surface area contributed by atoms with Crippen molar-refractivity contribution in [2.75, 3.05) is 6.54 Å². The van der Waals surface area contributed by atoms with E-state index in [2.05, 4.69) is 41.4 Å². The van der Waals surface area contributed by atoms with Crippen molar-refractivity contribution < 1.29 is 0 Å². The van der Waals surface area contributed by atoms with E-state index in [1.165, 1.54) is 25.7 Å². The molecule has 0 aliphatic carbocycles. The van der Waals surface area contributed by atoms with Crippen molar-refractivity contribution in [3.63, 3.8) is 0 Å². The second-order valence-corrected chi connectivity index (χ2v) is 5.71. The average Bonchev–Trinajstić information content (AvgIpc) is 2.83. The summed E-state index contributed by atoms with van der Waals surface area (Å²) in [6.45, 7) is 7.49. The minimum absolute atomic E-state index is 0.247. The number of hydrogen-bond acceptors (Lipinski definition) is 4. The van der Waals surface area contributed by atoms with E-state index in [0.717, 1.165) is 24.1 Å². The first-order chi connectivity index (χ1) is 8.63. The smallest absolute Gasteiger partial charge is 0.178 e. The number of aromatic nitrogens is 4. The van der Waals surface area contributed by atoms with Crippen molar-refractivity contribution in [3.05, 3.63) is 5.82 Å². The van der Waals surface area contributed by atoms with Crippen LogP contribution in [0.5, 0.6) is 0 Å². The maximum Gasteiger partial charge on any atom is 0.178 e. The quantitative estimate of drug-likeness (QED) is 0.708. The molecule has 5 nitrogen and oxygen atoms in total. The normalized spacial score (nSPS) is 14.9. The van der Waals surface area contributed by atoms with Crippen LogP contribution in [0.1, 0.15) is 64.6 Å². The molecule has 0 radical (unpaired) electrons. The van der Waals surface area contributed by atoms with Gasteiger partial charge in [-0.25, -0.2) is 0 Å². The third-order valence-corrected chi connectivity index (χ3v) is 3.50. The zero-order valence-corrected chi connectivity index (χ0v) is 11.9. The lowest BCUT2D eigenvalue weighted by atomic mass is 9.92. The molecule has 1 heterocycles. The molecule has 0 bridgehead atoms. The highest BCUT2D eigenvalue weighted by Crippen LogP contribution is 2.22. The monoisotopic (exact) mass is 253 g/mol. The Bertz CT molecular complexity index is 296. The summed E-state index contributed by atoms with van der Waals surface area (Å²) >= 11 is 0. The Balaban J connectivity index is 2.22. The second-order valence-electron chi connectivity index (χ2n) is 5.71. The summed E-state index contributed by atoms with van der Waals surface area (Å²) in [5.74, 6) is 2.57. The lowest BCUT2D eigenvalue weighted by molar-refractivity contribution is 0.408. The molecule has 0 spiro atoms. The number of tetrazole rings is 1. The Hall–Kier alpha value is -0.970. The van der Waals surface area contributed by atoms with Crippen LogP contribution in [0.3, 0.4) is 0 Å². The first-order valence-corrected chi connectivity index (χ1v) is 7.06. The standard InChI is InChI=1S/C13H27N5/c1-10(2)5-4-6-11(3)7-8-12(9-14)13-15-17-18-16-13/h10-12H,4-9,14H2,1-3H3,(H,15,16,17,18). The van der Waals surface area contributed by atoms with Crippen molar-refractivity contribution in [2.24, 2.45) is 17.6 Å². The summed E-state index contributed by atoms with van der Waals surface area (Å²) in [6, 6.07) is 0. The van der Waals surface area contributed by atoms with Gasteiger partial charge in [0.2, 0.25) is 0 Å². The Morgan fingerprint density at radius 2 is 1.89 bits per heavy atom. The van der Waals surface area contributed by atoms with Crippen molar-refractivity contribution in [3.8, 4) is 0 Å². The Labute approximate surface area is 110 Å². The Kier molecular flexibility index (Phi) is 6.86. The van der Waals surface area contributed by atoms with Crippen LogP contribution in [-0.2, 0) is 0 Å². The third kappa shape index (κ3) is 5.58. The maximum atomic E-state index is 5.77. The molecule has 0 fully saturated rings. The molecule has 5 heteroatoms. The second kappa shape index (κ2) is 8.19. The summed E-state index contributed by atoms with van der Waals surface area (Å²) in [7, 11) is 0. The van der Waals surface area contributed by atoms with Gasteiger partial charge in [-0.05, 0) is 24.7 Å². The van der Waals surface area contributed by atoms with E-state index in [1.54, 1.807) is 0 Å². The van der Waals surface area contributed by atoms with Crippen LogP contribution in [0.4, 0.5) is 0 Å². The number of nitrogens with zero attached hydrogens (tertiary/aromatic N) is 3. The molecule has 2 atom stereocenters. The van der Waals surface area contributed by atoms with E-state index in [4.69, 9.17) is 5.73 Å². The highest BCUT2D eigenvalue weighted by Gasteiger charge is 2.15. The van der Waals surface area contributed by atoms with Gasteiger partial charge < -0.3 is 5.73 Å². The largest absolute Gasteiger partial charge is 0.330 e. The van der Waals surface area contributed by atoms with Crippen molar-refractivity contribution in [2.45, 2.75) is 58.8 Å². The predicted molar refractivity (Wildman–Crippen MR) is 73.1 cm³/mol. The fourth-order valence-corrected chi connectivity index (χ4v) is 2.20. The first kappa shape index (κ1) is 15.1. The van der Waals surface area contributed by atoms with E-state index < -0.39 is 0 Å². The van der Waals surface area contributed by atoms with Gasteiger partial charge in [0.05, 0.1) is 0 Å². The molecule has 1 rings (SSSR count). The van der Waals surface area contributed by atoms with Crippen LogP contribution in [0.15, 0.2) is 0 Å². The van der Waals surface area contributed by atoms with Gasteiger partial charge in [-0.2, -0.15) is 5.21 Å². The number of hydrogen-bond donors (Lipinski definition) is 2. The molecule has 1 aromatic rings. The molecule has 1 aromatic heterocycles. The molecule has 3 N–H and O–H groups in total. The fourth-order valence-electron chi connectivity index (χ4n) is 2.20. The average molecular weight is 253 g/mol. The molecule has 18 heavy (non-hydrogen) atoms. The molecular formula is C13H27N5. The zero-order chi connectivity index (χ0) is 13.4. The number of aromatic amines is 1. The fraction of sp³-hybridized carbons (Fsp3) is 0.923. The Morgan fingerprint density at radius 3 is 2.44 bits per heavy atom. The van der Waals surface area contributed by atoms with Crippen LogP contribution in [0, 0.1) is 11.8 Å². The summed E-state index contributed by atoms with van der Waals surface area (Å²) < 4.78 is 0. The molecule has 0 aromatic carbocycles. The molecule has 0 saturated carbocycles. The van der Waals surface area contributed by atoms with Gasteiger partial charge in [0.15, 0.2) is 5.82 Å². The minimum Gasteiger partial charge on any atom is -0.330 e. The third-order valence-electron chi connectivity index (χ3n) is 3.50. The summed E-state index contributed by atoms with van der Waals surface area (Å²) in [6.07, 6.45) is 6.21. The number of H-pyrrole nitrogens is 1. The molecule has 104 valence electrons. The summed E-state index contributed by atoms with van der Waals surface area (Å²) in [5.41, 5.74) is 5.77. The van der Waals surface area contributed by atoms with Crippen molar-refractivity contribution in [1.82, 2.24) is 20.6 Å². The lowest BCUT2D eigenvalue weighted by Crippen LogP contribution is -2.15. The van der Waals surface area contributed by atoms with Crippen LogP contribution < -0.4 is 5.73 Å². The van der Waals surface area contributed by atoms with E-state index in [1.807, 2.05) is 0 Å². The molecule has 2 unspecified atom stereocenters. The molecule has 0 amide bonds. The van der Waals surface area contributed by atoms with Crippen molar-refractivity contribution >= 4 is 0 Å². The van der Waals surface area contributed by atoms with Gasteiger partial charge in [0, 0.05) is 12.5 Å². The number of nitrogens with one attached hydrogen (secondary N) is 1. The van der Waals surface area contributed by atoms with Gasteiger partial charge in [-0.3, -0.25) is 0 Å². The first-order valence-electron chi connectivity index (χ1n) is 7.06. The lowest BCUT2D eigenvalue weighted by Gasteiger charge is -2.15. The van der Waals surface area contributed by atoms with Crippen molar-refractivity contribution in [1.29, 1.82) is 0 Å². The van der Waals surface area contributed by atoms with E-state index in [-0.39, 0.29) is 5.92 Å². The summed E-state index contributed by atoms with van der Waals surface area (Å²) in [4.78, 5) is 0. The Morgan fingerprint density at radius 1 is 1.11 bits per heavy atom. The maximum absolute atomic E-state index is 5.77. The topological polar surface area (TPSA) is 80.5 Å². The van der Waals surface area contributed by atoms with Crippen LogP contribution >= 0.6 is 0 Å². The SMILES string of the molecule is CC(C)CCCC(C)CCC(CN)c1nn[nH]n1. The van der Waals surface area contributed by atoms with E-state index in [9.17, 15) is 0 Å². The minimum atomic E-state index is 0.247. The number of nitrogens with two attached hydrogens (primary N) is 1. The molecule has 0 aliphatic rings. The van der Waals surface area contributed by atoms with Crippen LogP contribution in [-0.4, -0.2) is 27.2 Å². The van der Waals surface area contributed by atoms with Gasteiger partial charge in [0.1, 0.15) is 0 Å². The zero-order valence-electron chi connectivity index (χ0n) is 11.9. The van der Waals surface area contributed by atoms with Crippen LogP contribution in [0.2, 0.25) is 0 Å². The van der Waals surface area contributed by atoms with Gasteiger partial charge in [0.25, 0.3) is 0 Å². The summed E-state index contributed by atoms with van der Waals surface area (Å²) in [5, 5.41) is 14.1. The molecule has 0 saturated heterocycles. The van der Waals surface area contributed by atoms with E-state index >= 15 is 0 Å². The van der Waals surface area contributed by atoms with E-state index in [0.29, 0.717) is 6.54 Å². The van der Waals surface area contributed by atoms with Gasteiger partial charge in [-0.15, -0.1) is 10.2 Å². The highest BCUT2D eigenvalue weighted by atomic mass is 15.5. The van der Waals surface area contributed by atoms with Gasteiger partial charge in [-0.1, -0.05) is 45.2 Å². The predicted octanol–water partition coefficient (Wildman–Crippen LogP) is 2.48. The number of rotatable bonds is 9. The molecular weight excluding hydrogens is 226 g/mol. The molecule has 0 aliphatic heterocycles.